The molecule has 0 aromatic carbocycles. The second-order valence-corrected chi connectivity index (χ2v) is 5.82. The molecule has 2 heterocycles. The fourth-order valence-corrected chi connectivity index (χ4v) is 2.69. The lowest BCUT2D eigenvalue weighted by Gasteiger charge is -2.35. The highest BCUT2D eigenvalue weighted by molar-refractivity contribution is 5.76. The Morgan fingerprint density at radius 1 is 1.23 bits per heavy atom. The van der Waals surface area contributed by atoms with Crippen molar-refractivity contribution in [2.45, 2.75) is 32.6 Å². The Balaban J connectivity index is 1.60. The van der Waals surface area contributed by atoms with Gasteiger partial charge in [0.15, 0.2) is 0 Å². The molecular weight excluding hydrogens is 276 g/mol. The molecule has 1 aliphatic heterocycles. The first-order valence-corrected chi connectivity index (χ1v) is 8.44. The van der Waals surface area contributed by atoms with Gasteiger partial charge in [-0.15, -0.1) is 0 Å². The topological polar surface area (TPSA) is 48.5 Å². The van der Waals surface area contributed by atoms with Crippen molar-refractivity contribution in [2.75, 3.05) is 44.2 Å². The molecule has 1 aliphatic rings. The number of hydrogen-bond donors (Lipinski definition) is 1. The van der Waals surface area contributed by atoms with Gasteiger partial charge >= 0.3 is 0 Å². The summed E-state index contributed by atoms with van der Waals surface area (Å²) in [6.07, 6.45) is 5.91. The minimum absolute atomic E-state index is 0.184. The number of nitrogens with zero attached hydrogens (tertiary/aromatic N) is 3. The number of anilines is 1. The van der Waals surface area contributed by atoms with E-state index in [-0.39, 0.29) is 5.91 Å². The smallest absolute Gasteiger partial charge is 0.221 e. The van der Waals surface area contributed by atoms with E-state index in [4.69, 9.17) is 0 Å². The third-order valence-corrected chi connectivity index (χ3v) is 4.10. The number of amides is 1. The van der Waals surface area contributed by atoms with Crippen LogP contribution in [0.1, 0.15) is 32.6 Å². The number of hydrogen-bond acceptors (Lipinski definition) is 4. The molecule has 0 unspecified atom stereocenters. The largest absolute Gasteiger partial charge is 0.356 e. The molecular formula is C17H28N4O. The molecule has 22 heavy (non-hydrogen) atoms. The molecule has 0 spiro atoms. The van der Waals surface area contributed by atoms with Crippen LogP contribution in [-0.4, -0.2) is 55.1 Å². The second-order valence-electron chi connectivity index (χ2n) is 5.82. The zero-order valence-electron chi connectivity index (χ0n) is 13.6. The van der Waals surface area contributed by atoms with E-state index in [2.05, 4.69) is 33.1 Å². The van der Waals surface area contributed by atoms with E-state index in [1.807, 2.05) is 18.3 Å². The summed E-state index contributed by atoms with van der Waals surface area (Å²) in [7, 11) is 0. The maximum atomic E-state index is 11.8. The highest BCUT2D eigenvalue weighted by Crippen LogP contribution is 2.12. The van der Waals surface area contributed by atoms with E-state index in [1.165, 1.54) is 12.8 Å². The van der Waals surface area contributed by atoms with Crippen LogP contribution in [0.4, 0.5) is 5.82 Å². The predicted octanol–water partition coefficient (Wildman–Crippen LogP) is 1.90. The fraction of sp³-hybridized carbons (Fsp3) is 0.647. The SMILES string of the molecule is CCCCCNC(=O)CCN1CCN(c2ccccn2)CC1. The van der Waals surface area contributed by atoms with E-state index < -0.39 is 0 Å². The predicted molar refractivity (Wildman–Crippen MR) is 90.0 cm³/mol. The van der Waals surface area contributed by atoms with Crippen LogP contribution in [0.2, 0.25) is 0 Å². The second kappa shape index (κ2) is 9.41. The van der Waals surface area contributed by atoms with Crippen LogP contribution in [-0.2, 0) is 4.79 Å². The molecule has 0 atom stereocenters. The van der Waals surface area contributed by atoms with Crippen molar-refractivity contribution in [3.63, 3.8) is 0 Å². The van der Waals surface area contributed by atoms with Gasteiger partial charge in [0.05, 0.1) is 0 Å². The summed E-state index contributed by atoms with van der Waals surface area (Å²) < 4.78 is 0. The Morgan fingerprint density at radius 3 is 2.73 bits per heavy atom. The minimum atomic E-state index is 0.184. The number of rotatable bonds is 8. The molecule has 1 saturated heterocycles. The lowest BCUT2D eigenvalue weighted by molar-refractivity contribution is -0.121. The van der Waals surface area contributed by atoms with Gasteiger partial charge in [-0.25, -0.2) is 4.98 Å². The molecule has 1 amide bonds. The van der Waals surface area contributed by atoms with E-state index in [1.54, 1.807) is 0 Å². The Kier molecular flexibility index (Phi) is 7.16. The Labute approximate surface area is 133 Å². The highest BCUT2D eigenvalue weighted by atomic mass is 16.1. The number of nitrogens with one attached hydrogen (secondary N) is 1. The zero-order chi connectivity index (χ0) is 15.6. The van der Waals surface area contributed by atoms with Gasteiger partial charge in [0.1, 0.15) is 5.82 Å². The number of carbonyl (C=O) groups excluding carboxylic acids is 1. The summed E-state index contributed by atoms with van der Waals surface area (Å²) in [6, 6.07) is 6.02. The summed E-state index contributed by atoms with van der Waals surface area (Å²) in [5.41, 5.74) is 0. The van der Waals surface area contributed by atoms with Crippen molar-refractivity contribution in [1.82, 2.24) is 15.2 Å². The molecule has 0 aliphatic carbocycles. The quantitative estimate of drug-likeness (QED) is 0.745. The van der Waals surface area contributed by atoms with Crippen molar-refractivity contribution in [2.24, 2.45) is 0 Å². The van der Waals surface area contributed by atoms with Crippen molar-refractivity contribution in [3.05, 3.63) is 24.4 Å². The third kappa shape index (κ3) is 5.64. The van der Waals surface area contributed by atoms with Crippen molar-refractivity contribution in [3.8, 4) is 0 Å². The van der Waals surface area contributed by atoms with E-state index >= 15 is 0 Å². The number of piperazine rings is 1. The third-order valence-electron chi connectivity index (χ3n) is 4.10. The molecule has 5 nitrogen and oxygen atoms in total. The minimum Gasteiger partial charge on any atom is -0.356 e. The van der Waals surface area contributed by atoms with Crippen LogP contribution in [0, 0.1) is 0 Å². The lowest BCUT2D eigenvalue weighted by Crippen LogP contribution is -2.47. The molecule has 1 aromatic rings. The summed E-state index contributed by atoms with van der Waals surface area (Å²) >= 11 is 0. The van der Waals surface area contributed by atoms with Gasteiger partial charge in [-0.05, 0) is 18.6 Å². The Bertz CT molecular complexity index is 430. The Hall–Kier alpha value is -1.62. The highest BCUT2D eigenvalue weighted by Gasteiger charge is 2.18. The van der Waals surface area contributed by atoms with Gasteiger partial charge in [0.25, 0.3) is 0 Å². The average Bonchev–Trinajstić information content (AvgIpc) is 2.58. The number of unbranched alkanes of at least 4 members (excludes halogenated alkanes) is 2. The van der Waals surface area contributed by atoms with Crippen LogP contribution >= 0.6 is 0 Å². The van der Waals surface area contributed by atoms with Gasteiger partial charge < -0.3 is 10.2 Å². The van der Waals surface area contributed by atoms with Crippen LogP contribution in [0.25, 0.3) is 0 Å². The molecule has 1 N–H and O–H groups in total. The number of carbonyl (C=O) groups is 1. The van der Waals surface area contributed by atoms with Gasteiger partial charge in [-0.1, -0.05) is 25.8 Å². The Morgan fingerprint density at radius 2 is 2.05 bits per heavy atom. The maximum Gasteiger partial charge on any atom is 0.221 e. The first-order chi connectivity index (χ1) is 10.8. The normalized spacial score (nSPS) is 15.8. The average molecular weight is 304 g/mol. The van der Waals surface area contributed by atoms with E-state index in [9.17, 15) is 4.79 Å². The first kappa shape index (κ1) is 16.7. The molecule has 1 aromatic heterocycles. The molecule has 1 fully saturated rings. The maximum absolute atomic E-state index is 11.8. The molecule has 0 bridgehead atoms. The molecule has 5 heteroatoms. The van der Waals surface area contributed by atoms with Gasteiger partial charge in [0.2, 0.25) is 5.91 Å². The standard InChI is InChI=1S/C17H28N4O/c1-2-3-5-10-19-17(22)8-11-20-12-14-21(15-13-20)16-7-4-6-9-18-16/h4,6-7,9H,2-3,5,8,10-15H2,1H3,(H,19,22). The van der Waals surface area contributed by atoms with Gasteiger partial charge in [-0.2, -0.15) is 0 Å². The first-order valence-electron chi connectivity index (χ1n) is 8.44. The molecule has 2 rings (SSSR count). The van der Waals surface area contributed by atoms with Crippen molar-refractivity contribution < 1.29 is 4.79 Å². The van der Waals surface area contributed by atoms with Crippen LogP contribution < -0.4 is 10.2 Å². The van der Waals surface area contributed by atoms with Crippen molar-refractivity contribution in [1.29, 1.82) is 0 Å². The molecule has 0 radical (unpaired) electrons. The summed E-state index contributed by atoms with van der Waals surface area (Å²) in [5.74, 6) is 1.24. The summed E-state index contributed by atoms with van der Waals surface area (Å²) in [5, 5.41) is 3.01. The molecule has 122 valence electrons. The van der Waals surface area contributed by atoms with Gasteiger partial charge in [-0.3, -0.25) is 9.69 Å². The monoisotopic (exact) mass is 304 g/mol. The van der Waals surface area contributed by atoms with Crippen LogP contribution in [0.5, 0.6) is 0 Å². The molecule has 0 saturated carbocycles. The number of pyridine rings is 1. The fourth-order valence-electron chi connectivity index (χ4n) is 2.69. The lowest BCUT2D eigenvalue weighted by atomic mass is 10.2. The summed E-state index contributed by atoms with van der Waals surface area (Å²) in [4.78, 5) is 20.8. The number of aromatic nitrogens is 1. The zero-order valence-corrected chi connectivity index (χ0v) is 13.6. The van der Waals surface area contributed by atoms with Crippen molar-refractivity contribution >= 4 is 11.7 Å². The van der Waals surface area contributed by atoms with Crippen LogP contribution in [0.3, 0.4) is 0 Å². The van der Waals surface area contributed by atoms with Gasteiger partial charge in [0, 0.05) is 51.9 Å². The van der Waals surface area contributed by atoms with E-state index in [0.29, 0.717) is 6.42 Å². The van der Waals surface area contributed by atoms with E-state index in [0.717, 1.165) is 51.5 Å². The van der Waals surface area contributed by atoms with Crippen LogP contribution in [0.15, 0.2) is 24.4 Å². The summed E-state index contributed by atoms with van der Waals surface area (Å²) in [6.45, 7) is 7.81.